The van der Waals surface area contributed by atoms with E-state index in [4.69, 9.17) is 4.74 Å². The molecule has 0 aliphatic rings. The second-order valence-electron chi connectivity index (χ2n) is 9.20. The maximum absolute atomic E-state index is 13.0. The van der Waals surface area contributed by atoms with Gasteiger partial charge in [0.25, 0.3) is 0 Å². The average Bonchev–Trinajstić information content (AvgIpc) is 3.30. The lowest BCUT2D eigenvalue weighted by atomic mass is 10.0. The number of hydrogen-bond donors (Lipinski definition) is 1. The quantitative estimate of drug-likeness (QED) is 0.223. The first-order valence-corrected chi connectivity index (χ1v) is 12.2. The minimum absolute atomic E-state index is 0.0573. The van der Waals surface area contributed by atoms with Crippen LogP contribution < -0.4 is 9.47 Å². The highest BCUT2D eigenvalue weighted by Gasteiger charge is 2.32. The maximum Gasteiger partial charge on any atom is 0.573 e. The molecule has 4 rings (SSSR count). The van der Waals surface area contributed by atoms with Crippen molar-refractivity contribution < 1.29 is 32.5 Å². The van der Waals surface area contributed by atoms with Gasteiger partial charge < -0.3 is 14.6 Å². The summed E-state index contributed by atoms with van der Waals surface area (Å²) in [5.74, 6) is -0.700. The van der Waals surface area contributed by atoms with Gasteiger partial charge in [-0.1, -0.05) is 56.3 Å². The Hall–Kier alpha value is -4.53. The largest absolute Gasteiger partial charge is 0.573 e. The summed E-state index contributed by atoms with van der Waals surface area (Å²) in [5, 5.41) is 13.5. The predicted octanol–water partition coefficient (Wildman–Crippen LogP) is 7.65. The molecule has 0 aliphatic heterocycles. The Labute approximate surface area is 223 Å². The summed E-state index contributed by atoms with van der Waals surface area (Å²) >= 11 is 0. The van der Waals surface area contributed by atoms with Gasteiger partial charge in [0.2, 0.25) is 0 Å². The highest BCUT2D eigenvalue weighted by atomic mass is 19.4. The maximum atomic E-state index is 13.0. The number of ether oxygens (including phenoxy) is 2. The van der Waals surface area contributed by atoms with Gasteiger partial charge in [-0.05, 0) is 71.5 Å². The first kappa shape index (κ1) is 27.5. The van der Waals surface area contributed by atoms with Gasteiger partial charge in [-0.15, -0.1) is 13.2 Å². The molecular weight excluding hydrogens is 509 g/mol. The van der Waals surface area contributed by atoms with Crippen molar-refractivity contribution in [1.29, 1.82) is 0 Å². The van der Waals surface area contributed by atoms with Crippen LogP contribution >= 0.6 is 0 Å². The number of aromatic carboxylic acids is 1. The summed E-state index contributed by atoms with van der Waals surface area (Å²) in [5.41, 5.74) is 4.45. The number of alkyl halides is 3. The molecule has 0 radical (unpaired) electrons. The zero-order valence-corrected chi connectivity index (χ0v) is 21.6. The second kappa shape index (κ2) is 11.5. The van der Waals surface area contributed by atoms with Crippen molar-refractivity contribution in [3.05, 3.63) is 106 Å². The Kier molecular flexibility index (Phi) is 8.09. The molecule has 0 bridgehead atoms. The first-order chi connectivity index (χ1) is 18.5. The Morgan fingerprint density at radius 1 is 1.05 bits per heavy atom. The van der Waals surface area contributed by atoms with E-state index in [0.29, 0.717) is 11.4 Å². The number of halogens is 3. The summed E-state index contributed by atoms with van der Waals surface area (Å²) in [6.45, 7) is 5.94. The lowest BCUT2D eigenvalue weighted by Gasteiger charge is -2.17. The van der Waals surface area contributed by atoms with Gasteiger partial charge in [-0.25, -0.2) is 9.48 Å². The van der Waals surface area contributed by atoms with E-state index in [0.717, 1.165) is 22.3 Å². The zero-order valence-electron chi connectivity index (χ0n) is 21.6. The summed E-state index contributed by atoms with van der Waals surface area (Å²) in [7, 11) is 0. The number of benzene rings is 3. The highest BCUT2D eigenvalue weighted by Crippen LogP contribution is 2.32. The number of aromatic nitrogens is 2. The second-order valence-corrected chi connectivity index (χ2v) is 9.20. The highest BCUT2D eigenvalue weighted by molar-refractivity contribution is 5.88. The van der Waals surface area contributed by atoms with E-state index in [2.05, 4.69) is 9.84 Å². The van der Waals surface area contributed by atoms with Crippen molar-refractivity contribution >= 4 is 18.1 Å². The molecule has 0 atom stereocenters. The van der Waals surface area contributed by atoms with Gasteiger partial charge in [0.15, 0.2) is 5.75 Å². The molecule has 1 N–H and O–H groups in total. The van der Waals surface area contributed by atoms with Crippen LogP contribution in [0.5, 0.6) is 11.5 Å². The van der Waals surface area contributed by atoms with E-state index in [1.54, 1.807) is 30.5 Å². The monoisotopic (exact) mass is 536 g/mol. The van der Waals surface area contributed by atoms with Crippen LogP contribution in [0.1, 0.15) is 58.1 Å². The number of carboxylic acid groups (broad SMARTS) is 1. The van der Waals surface area contributed by atoms with E-state index in [1.165, 1.54) is 28.9 Å². The minimum atomic E-state index is -4.84. The minimum Gasteiger partial charge on any atom is -0.487 e. The van der Waals surface area contributed by atoms with Crippen molar-refractivity contribution in [3.8, 4) is 17.2 Å². The molecule has 0 saturated heterocycles. The van der Waals surface area contributed by atoms with Gasteiger partial charge in [0, 0.05) is 0 Å². The van der Waals surface area contributed by atoms with Crippen LogP contribution in [0.4, 0.5) is 13.2 Å². The van der Waals surface area contributed by atoms with Crippen LogP contribution in [-0.2, 0) is 6.61 Å². The molecule has 3 aromatic carbocycles. The number of hydrogen-bond acceptors (Lipinski definition) is 4. The van der Waals surface area contributed by atoms with Gasteiger partial charge in [-0.2, -0.15) is 5.10 Å². The number of nitrogens with zero attached hydrogens (tertiary/aromatic N) is 2. The van der Waals surface area contributed by atoms with E-state index in [-0.39, 0.29) is 29.5 Å². The number of rotatable bonds is 9. The number of carboxylic acids is 1. The molecule has 9 heteroatoms. The Bertz CT molecular complexity index is 1510. The molecule has 0 aliphatic carbocycles. The molecule has 0 unspecified atom stereocenters. The molecule has 0 amide bonds. The molecule has 1 aromatic heterocycles. The molecule has 0 fully saturated rings. The number of aryl methyl sites for hydroxylation is 1. The third-order valence-electron chi connectivity index (χ3n) is 6.05. The standard InChI is InChI=1S/C30H27F3N2O4/c1-19(2)25-17-34-35(26-9-4-5-10-28(26)39-30(31,32)33)27(25)18-38-24-14-13-22(20(3)15-24)12-11-21-7-6-8-23(16-21)29(36)37/h4-17,19H,18H2,1-3H3,(H,36,37). The van der Waals surface area contributed by atoms with Crippen molar-refractivity contribution in [2.24, 2.45) is 0 Å². The summed E-state index contributed by atoms with van der Waals surface area (Å²) in [6, 6.07) is 18.0. The fourth-order valence-corrected chi connectivity index (χ4v) is 4.10. The lowest BCUT2D eigenvalue weighted by Crippen LogP contribution is -2.19. The molecule has 4 aromatic rings. The fourth-order valence-electron chi connectivity index (χ4n) is 4.10. The van der Waals surface area contributed by atoms with E-state index in [1.807, 2.05) is 51.1 Å². The lowest BCUT2D eigenvalue weighted by molar-refractivity contribution is -0.274. The Morgan fingerprint density at radius 3 is 2.51 bits per heavy atom. The molecule has 39 heavy (non-hydrogen) atoms. The Balaban J connectivity index is 1.56. The number of para-hydroxylation sites is 2. The fraction of sp³-hybridized carbons (Fsp3) is 0.200. The van der Waals surface area contributed by atoms with E-state index >= 15 is 0 Å². The molecule has 6 nitrogen and oxygen atoms in total. The van der Waals surface area contributed by atoms with Crippen LogP contribution in [0, 0.1) is 6.92 Å². The van der Waals surface area contributed by atoms with E-state index < -0.39 is 12.3 Å². The van der Waals surface area contributed by atoms with Gasteiger partial charge in [0.05, 0.1) is 17.5 Å². The zero-order chi connectivity index (χ0) is 28.2. The molecule has 0 saturated carbocycles. The topological polar surface area (TPSA) is 73.6 Å². The van der Waals surface area contributed by atoms with Crippen LogP contribution in [0.15, 0.2) is 72.9 Å². The van der Waals surface area contributed by atoms with Crippen LogP contribution in [0.2, 0.25) is 0 Å². The smallest absolute Gasteiger partial charge is 0.487 e. The molecular formula is C30H27F3N2O4. The summed E-state index contributed by atoms with van der Waals surface area (Å²) < 4.78 is 50.8. The molecule has 202 valence electrons. The number of carbonyl (C=O) groups is 1. The van der Waals surface area contributed by atoms with Crippen molar-refractivity contribution in [2.45, 2.75) is 39.7 Å². The van der Waals surface area contributed by atoms with Gasteiger partial charge in [-0.3, -0.25) is 0 Å². The third kappa shape index (κ3) is 6.87. The van der Waals surface area contributed by atoms with Crippen molar-refractivity contribution in [1.82, 2.24) is 9.78 Å². The Morgan fingerprint density at radius 2 is 1.82 bits per heavy atom. The van der Waals surface area contributed by atoms with Crippen LogP contribution in [0.3, 0.4) is 0 Å². The average molecular weight is 537 g/mol. The predicted molar refractivity (Wildman–Crippen MR) is 142 cm³/mol. The van der Waals surface area contributed by atoms with Gasteiger partial charge in [0.1, 0.15) is 18.0 Å². The van der Waals surface area contributed by atoms with Gasteiger partial charge >= 0.3 is 12.3 Å². The van der Waals surface area contributed by atoms with Crippen molar-refractivity contribution in [2.75, 3.05) is 0 Å². The molecule has 1 heterocycles. The molecule has 0 spiro atoms. The van der Waals surface area contributed by atoms with E-state index in [9.17, 15) is 23.1 Å². The first-order valence-electron chi connectivity index (χ1n) is 12.2. The normalized spacial score (nSPS) is 11.8. The van der Waals surface area contributed by atoms with Crippen molar-refractivity contribution in [3.63, 3.8) is 0 Å². The summed E-state index contributed by atoms with van der Waals surface area (Å²) in [4.78, 5) is 11.2. The third-order valence-corrected chi connectivity index (χ3v) is 6.05. The van der Waals surface area contributed by atoms with Crippen LogP contribution in [-0.4, -0.2) is 27.2 Å². The van der Waals surface area contributed by atoms with Crippen LogP contribution in [0.25, 0.3) is 17.8 Å². The summed E-state index contributed by atoms with van der Waals surface area (Å²) in [6.07, 6.45) is 0.520. The SMILES string of the molecule is Cc1cc(OCc2c(C(C)C)cnn2-c2ccccc2OC(F)(F)F)ccc1C=Cc1cccc(C(=O)O)c1.